The van der Waals surface area contributed by atoms with E-state index in [-0.39, 0.29) is 6.09 Å². The largest absolute Gasteiger partial charge is 0.487 e. The highest BCUT2D eigenvalue weighted by molar-refractivity contribution is 5.73. The predicted octanol–water partition coefficient (Wildman–Crippen LogP) is 6.24. The van der Waals surface area contributed by atoms with Gasteiger partial charge in [0.25, 0.3) is 0 Å². The number of benzene rings is 2. The molecule has 172 valence electrons. The number of ether oxygens (including phenoxy) is 2. The van der Waals surface area contributed by atoms with Crippen LogP contribution in [0.1, 0.15) is 48.7 Å². The van der Waals surface area contributed by atoms with Gasteiger partial charge in [-0.3, -0.25) is 4.98 Å². The Kier molecular flexibility index (Phi) is 6.41. The van der Waals surface area contributed by atoms with E-state index in [9.17, 15) is 4.79 Å². The second-order valence-electron chi connectivity index (χ2n) is 9.75. The standard InChI is InChI=1S/C28H32N2O3/c1-19-6-9-26(32-18-24-14-20(2)10-12-29-24)25(15-19)22-8-7-21-11-13-30(17-23(21)16-22)27(31)33-28(3,4)5/h6-10,12,14-16H,11,13,17-18H2,1-5H3. The molecule has 5 heteroatoms. The first-order valence-corrected chi connectivity index (χ1v) is 11.4. The quantitative estimate of drug-likeness (QED) is 0.478. The number of pyridine rings is 1. The predicted molar refractivity (Wildman–Crippen MR) is 130 cm³/mol. The summed E-state index contributed by atoms with van der Waals surface area (Å²) in [5.41, 5.74) is 7.28. The number of carbonyl (C=O) groups is 1. The van der Waals surface area contributed by atoms with Crippen LogP contribution in [0.2, 0.25) is 0 Å². The van der Waals surface area contributed by atoms with Gasteiger partial charge in [0.1, 0.15) is 18.0 Å². The molecular formula is C28H32N2O3. The van der Waals surface area contributed by atoms with Crippen molar-refractivity contribution in [1.82, 2.24) is 9.88 Å². The van der Waals surface area contributed by atoms with Gasteiger partial charge in [-0.15, -0.1) is 0 Å². The average molecular weight is 445 g/mol. The number of hydrogen-bond acceptors (Lipinski definition) is 4. The first kappa shape index (κ1) is 22.8. The molecule has 4 rings (SSSR count). The molecule has 0 spiro atoms. The maximum Gasteiger partial charge on any atom is 0.410 e. The molecule has 0 saturated heterocycles. The van der Waals surface area contributed by atoms with Gasteiger partial charge in [-0.05, 0) is 93.6 Å². The summed E-state index contributed by atoms with van der Waals surface area (Å²) in [7, 11) is 0. The van der Waals surface area contributed by atoms with E-state index in [0.29, 0.717) is 19.7 Å². The number of aromatic nitrogens is 1. The van der Waals surface area contributed by atoms with E-state index in [2.05, 4.69) is 49.2 Å². The molecule has 0 radical (unpaired) electrons. The Morgan fingerprint density at radius 2 is 1.79 bits per heavy atom. The highest BCUT2D eigenvalue weighted by Crippen LogP contribution is 2.34. The number of hydrogen-bond donors (Lipinski definition) is 0. The third kappa shape index (κ3) is 5.72. The van der Waals surface area contributed by atoms with Gasteiger partial charge in [0.2, 0.25) is 0 Å². The number of rotatable bonds is 4. The van der Waals surface area contributed by atoms with Crippen LogP contribution in [0.5, 0.6) is 5.75 Å². The van der Waals surface area contributed by atoms with Gasteiger partial charge in [0, 0.05) is 24.8 Å². The molecule has 0 aliphatic carbocycles. The number of carbonyl (C=O) groups excluding carboxylic acids is 1. The van der Waals surface area contributed by atoms with Gasteiger partial charge in [-0.25, -0.2) is 4.79 Å². The van der Waals surface area contributed by atoms with Crippen molar-refractivity contribution >= 4 is 6.09 Å². The number of fused-ring (bicyclic) bond motifs is 1. The summed E-state index contributed by atoms with van der Waals surface area (Å²) in [5.74, 6) is 0.823. The smallest absolute Gasteiger partial charge is 0.410 e. The number of nitrogens with zero attached hydrogens (tertiary/aromatic N) is 2. The molecule has 2 heterocycles. The number of amides is 1. The van der Waals surface area contributed by atoms with E-state index in [4.69, 9.17) is 9.47 Å². The average Bonchev–Trinajstić information content (AvgIpc) is 2.76. The normalized spacial score (nSPS) is 13.4. The lowest BCUT2D eigenvalue weighted by atomic mass is 9.94. The maximum absolute atomic E-state index is 12.6. The second-order valence-corrected chi connectivity index (χ2v) is 9.75. The lowest BCUT2D eigenvalue weighted by molar-refractivity contribution is 0.0224. The molecule has 33 heavy (non-hydrogen) atoms. The summed E-state index contributed by atoms with van der Waals surface area (Å²) in [6, 6.07) is 16.7. The van der Waals surface area contributed by atoms with Crippen molar-refractivity contribution in [2.24, 2.45) is 0 Å². The summed E-state index contributed by atoms with van der Waals surface area (Å²) >= 11 is 0. The van der Waals surface area contributed by atoms with E-state index in [1.165, 1.54) is 11.1 Å². The van der Waals surface area contributed by atoms with Crippen molar-refractivity contribution in [3.8, 4) is 16.9 Å². The molecule has 0 N–H and O–H groups in total. The second kappa shape index (κ2) is 9.26. The number of aryl methyl sites for hydroxylation is 2. The first-order chi connectivity index (χ1) is 15.7. The topological polar surface area (TPSA) is 51.7 Å². The van der Waals surface area contributed by atoms with Crippen molar-refractivity contribution in [3.05, 3.63) is 82.7 Å². The Morgan fingerprint density at radius 1 is 1.00 bits per heavy atom. The van der Waals surface area contributed by atoms with Gasteiger partial charge >= 0.3 is 6.09 Å². The van der Waals surface area contributed by atoms with Crippen molar-refractivity contribution in [3.63, 3.8) is 0 Å². The van der Waals surface area contributed by atoms with E-state index in [1.807, 2.05) is 45.2 Å². The van der Waals surface area contributed by atoms with Crippen LogP contribution < -0.4 is 4.74 Å². The molecule has 2 aromatic carbocycles. The van der Waals surface area contributed by atoms with Crippen LogP contribution in [-0.2, 0) is 24.3 Å². The van der Waals surface area contributed by atoms with Crippen molar-refractivity contribution in [1.29, 1.82) is 0 Å². The fraction of sp³-hybridized carbons (Fsp3) is 0.357. The van der Waals surface area contributed by atoms with Gasteiger partial charge < -0.3 is 14.4 Å². The Morgan fingerprint density at radius 3 is 2.55 bits per heavy atom. The summed E-state index contributed by atoms with van der Waals surface area (Å²) in [6.45, 7) is 11.4. The molecule has 0 atom stereocenters. The van der Waals surface area contributed by atoms with Crippen molar-refractivity contribution in [2.45, 2.75) is 59.8 Å². The Balaban J connectivity index is 1.58. The molecule has 0 bridgehead atoms. The Hall–Kier alpha value is -3.34. The van der Waals surface area contributed by atoms with Gasteiger partial charge in [0.15, 0.2) is 0 Å². The zero-order chi connectivity index (χ0) is 23.6. The third-order valence-corrected chi connectivity index (χ3v) is 5.66. The van der Waals surface area contributed by atoms with E-state index >= 15 is 0 Å². The van der Waals surface area contributed by atoms with Crippen LogP contribution in [0.25, 0.3) is 11.1 Å². The zero-order valence-electron chi connectivity index (χ0n) is 20.1. The Bertz CT molecular complexity index is 1160. The summed E-state index contributed by atoms with van der Waals surface area (Å²) in [5, 5.41) is 0. The molecule has 3 aromatic rings. The molecule has 0 saturated carbocycles. The molecule has 1 amide bonds. The fourth-order valence-corrected chi connectivity index (χ4v) is 4.03. The van der Waals surface area contributed by atoms with E-state index in [0.717, 1.165) is 40.1 Å². The molecule has 0 fully saturated rings. The summed E-state index contributed by atoms with van der Waals surface area (Å²) in [4.78, 5) is 18.8. The van der Waals surface area contributed by atoms with Gasteiger partial charge in [0.05, 0.1) is 5.69 Å². The SMILES string of the molecule is Cc1ccnc(COc2ccc(C)cc2-c2ccc3c(c2)CN(C(=O)OC(C)(C)C)CC3)c1. The molecule has 0 unspecified atom stereocenters. The summed E-state index contributed by atoms with van der Waals surface area (Å²) < 4.78 is 11.8. The molecule has 1 aliphatic rings. The van der Waals surface area contributed by atoms with Gasteiger partial charge in [-0.2, -0.15) is 0 Å². The molecular weight excluding hydrogens is 412 g/mol. The maximum atomic E-state index is 12.6. The Labute approximate surface area is 196 Å². The van der Waals surface area contributed by atoms with Crippen LogP contribution in [0.15, 0.2) is 54.7 Å². The van der Waals surface area contributed by atoms with Gasteiger partial charge in [-0.1, -0.05) is 23.8 Å². The minimum atomic E-state index is -0.501. The molecule has 1 aliphatic heterocycles. The molecule has 5 nitrogen and oxygen atoms in total. The minimum absolute atomic E-state index is 0.260. The highest BCUT2D eigenvalue weighted by atomic mass is 16.6. The first-order valence-electron chi connectivity index (χ1n) is 11.4. The lowest BCUT2D eigenvalue weighted by Crippen LogP contribution is -2.39. The fourth-order valence-electron chi connectivity index (χ4n) is 4.03. The monoisotopic (exact) mass is 444 g/mol. The highest BCUT2D eigenvalue weighted by Gasteiger charge is 2.26. The van der Waals surface area contributed by atoms with Crippen LogP contribution in [0.4, 0.5) is 4.79 Å². The summed E-state index contributed by atoms with van der Waals surface area (Å²) in [6.07, 6.45) is 2.37. The third-order valence-electron chi connectivity index (χ3n) is 5.66. The van der Waals surface area contributed by atoms with Crippen LogP contribution >= 0.6 is 0 Å². The van der Waals surface area contributed by atoms with E-state index in [1.54, 1.807) is 4.90 Å². The van der Waals surface area contributed by atoms with Crippen molar-refractivity contribution in [2.75, 3.05) is 6.54 Å². The lowest BCUT2D eigenvalue weighted by Gasteiger charge is -2.31. The van der Waals surface area contributed by atoms with Crippen LogP contribution in [0, 0.1) is 13.8 Å². The molecule has 1 aromatic heterocycles. The van der Waals surface area contributed by atoms with Crippen LogP contribution in [-0.4, -0.2) is 28.1 Å². The zero-order valence-corrected chi connectivity index (χ0v) is 20.1. The van der Waals surface area contributed by atoms with Crippen LogP contribution in [0.3, 0.4) is 0 Å². The van der Waals surface area contributed by atoms with Crippen molar-refractivity contribution < 1.29 is 14.3 Å². The minimum Gasteiger partial charge on any atom is -0.487 e. The van der Waals surface area contributed by atoms with E-state index < -0.39 is 5.60 Å².